The molecule has 0 aliphatic rings. The van der Waals surface area contributed by atoms with Crippen LogP contribution >= 0.6 is 0 Å². The molecule has 0 aliphatic heterocycles. The van der Waals surface area contributed by atoms with Crippen molar-refractivity contribution >= 4 is 17.3 Å². The Balaban J connectivity index is 1.61. The van der Waals surface area contributed by atoms with E-state index in [-0.39, 0.29) is 5.91 Å². The van der Waals surface area contributed by atoms with Crippen molar-refractivity contribution in [1.29, 1.82) is 0 Å². The minimum Gasteiger partial charge on any atom is -0.497 e. The lowest BCUT2D eigenvalue weighted by Gasteiger charge is -2.17. The standard InChI is InChI=1S/C23H24N2O4/c1-16(23(26)25-21-15-20(27-2)13-14-22(21)28-3)24-17-9-11-19(12-10-17)29-18-7-5-4-6-8-18/h4-16,24H,1-3H3,(H,25,26). The van der Waals surface area contributed by atoms with E-state index in [0.717, 1.165) is 17.2 Å². The van der Waals surface area contributed by atoms with Crippen molar-refractivity contribution in [2.24, 2.45) is 0 Å². The normalized spacial score (nSPS) is 11.3. The maximum Gasteiger partial charge on any atom is 0.246 e. The van der Waals surface area contributed by atoms with Crippen LogP contribution in [0.3, 0.4) is 0 Å². The third-order valence-electron chi connectivity index (χ3n) is 4.27. The lowest BCUT2D eigenvalue weighted by Crippen LogP contribution is -2.32. The minimum absolute atomic E-state index is 0.193. The molecule has 3 aromatic carbocycles. The summed E-state index contributed by atoms with van der Waals surface area (Å²) in [4.78, 5) is 12.6. The van der Waals surface area contributed by atoms with Crippen LogP contribution in [0.2, 0.25) is 0 Å². The molecule has 0 aromatic heterocycles. The van der Waals surface area contributed by atoms with Gasteiger partial charge < -0.3 is 24.8 Å². The molecule has 0 spiro atoms. The lowest BCUT2D eigenvalue weighted by atomic mass is 10.2. The minimum atomic E-state index is -0.466. The number of anilines is 2. The zero-order valence-corrected chi connectivity index (χ0v) is 16.6. The molecule has 0 heterocycles. The molecule has 6 heteroatoms. The molecule has 3 aromatic rings. The number of carbonyl (C=O) groups is 1. The van der Waals surface area contributed by atoms with E-state index in [1.807, 2.05) is 54.6 Å². The van der Waals surface area contributed by atoms with Gasteiger partial charge in [0.15, 0.2) is 0 Å². The summed E-state index contributed by atoms with van der Waals surface area (Å²) in [6.07, 6.45) is 0. The van der Waals surface area contributed by atoms with Gasteiger partial charge in [0, 0.05) is 11.8 Å². The Morgan fingerprint density at radius 2 is 1.48 bits per heavy atom. The van der Waals surface area contributed by atoms with Crippen molar-refractivity contribution in [3.63, 3.8) is 0 Å². The van der Waals surface area contributed by atoms with E-state index in [1.165, 1.54) is 0 Å². The second-order valence-corrected chi connectivity index (χ2v) is 6.36. The van der Waals surface area contributed by atoms with Crippen molar-refractivity contribution in [1.82, 2.24) is 0 Å². The molecular formula is C23H24N2O4. The zero-order chi connectivity index (χ0) is 20.6. The molecule has 0 bridgehead atoms. The largest absolute Gasteiger partial charge is 0.497 e. The summed E-state index contributed by atoms with van der Waals surface area (Å²) >= 11 is 0. The average Bonchev–Trinajstić information content (AvgIpc) is 2.75. The molecule has 0 radical (unpaired) electrons. The van der Waals surface area contributed by atoms with E-state index in [9.17, 15) is 4.79 Å². The second kappa shape index (κ2) is 9.50. The molecule has 3 rings (SSSR count). The van der Waals surface area contributed by atoms with Crippen molar-refractivity contribution in [3.8, 4) is 23.0 Å². The predicted octanol–water partition coefficient (Wildman–Crippen LogP) is 4.94. The molecule has 1 unspecified atom stereocenters. The van der Waals surface area contributed by atoms with Crippen molar-refractivity contribution < 1.29 is 19.0 Å². The summed E-state index contributed by atoms with van der Waals surface area (Å²) in [6, 6.07) is 21.8. The van der Waals surface area contributed by atoms with Gasteiger partial charge in [-0.25, -0.2) is 0 Å². The smallest absolute Gasteiger partial charge is 0.246 e. The van der Waals surface area contributed by atoms with E-state index < -0.39 is 6.04 Å². The van der Waals surface area contributed by atoms with Gasteiger partial charge in [0.1, 0.15) is 29.0 Å². The number of para-hydroxylation sites is 1. The van der Waals surface area contributed by atoms with Gasteiger partial charge in [-0.15, -0.1) is 0 Å². The van der Waals surface area contributed by atoms with Crippen LogP contribution in [0.15, 0.2) is 72.8 Å². The summed E-state index contributed by atoms with van der Waals surface area (Å²) in [6.45, 7) is 1.79. The number of hydrogen-bond acceptors (Lipinski definition) is 5. The number of amides is 1. The van der Waals surface area contributed by atoms with E-state index in [2.05, 4.69) is 10.6 Å². The van der Waals surface area contributed by atoms with Crippen LogP contribution in [0.5, 0.6) is 23.0 Å². The maximum absolute atomic E-state index is 12.6. The van der Waals surface area contributed by atoms with E-state index in [0.29, 0.717) is 17.2 Å². The first-order chi connectivity index (χ1) is 14.1. The predicted molar refractivity (Wildman–Crippen MR) is 114 cm³/mol. The number of methoxy groups -OCH3 is 2. The SMILES string of the molecule is COc1ccc(OC)c(NC(=O)C(C)Nc2ccc(Oc3ccccc3)cc2)c1. The highest BCUT2D eigenvalue weighted by Crippen LogP contribution is 2.29. The first-order valence-corrected chi connectivity index (χ1v) is 9.21. The Hall–Kier alpha value is -3.67. The number of rotatable bonds is 8. The van der Waals surface area contributed by atoms with Crippen LogP contribution < -0.4 is 24.8 Å². The first-order valence-electron chi connectivity index (χ1n) is 9.21. The summed E-state index contributed by atoms with van der Waals surface area (Å²) in [5.74, 6) is 2.50. The van der Waals surface area contributed by atoms with Crippen LogP contribution in [-0.2, 0) is 4.79 Å². The van der Waals surface area contributed by atoms with Crippen molar-refractivity contribution in [2.75, 3.05) is 24.9 Å². The van der Waals surface area contributed by atoms with Gasteiger partial charge in [-0.3, -0.25) is 4.79 Å². The van der Waals surface area contributed by atoms with Gasteiger partial charge in [-0.05, 0) is 55.5 Å². The van der Waals surface area contributed by atoms with Gasteiger partial charge in [0.2, 0.25) is 5.91 Å². The maximum atomic E-state index is 12.6. The number of nitrogens with one attached hydrogen (secondary N) is 2. The summed E-state index contributed by atoms with van der Waals surface area (Å²) < 4.78 is 16.3. The van der Waals surface area contributed by atoms with Crippen LogP contribution in [0.1, 0.15) is 6.92 Å². The van der Waals surface area contributed by atoms with Gasteiger partial charge in [-0.2, -0.15) is 0 Å². The third-order valence-corrected chi connectivity index (χ3v) is 4.27. The molecule has 0 saturated carbocycles. The van der Waals surface area contributed by atoms with E-state index in [1.54, 1.807) is 39.3 Å². The monoisotopic (exact) mass is 392 g/mol. The van der Waals surface area contributed by atoms with E-state index in [4.69, 9.17) is 14.2 Å². The summed E-state index contributed by atoms with van der Waals surface area (Å²) in [7, 11) is 3.13. The van der Waals surface area contributed by atoms with E-state index >= 15 is 0 Å². The zero-order valence-electron chi connectivity index (χ0n) is 16.6. The highest BCUT2D eigenvalue weighted by atomic mass is 16.5. The fourth-order valence-electron chi connectivity index (χ4n) is 2.71. The highest BCUT2D eigenvalue weighted by Gasteiger charge is 2.15. The molecule has 1 amide bonds. The molecule has 0 fully saturated rings. The number of ether oxygens (including phenoxy) is 3. The topological polar surface area (TPSA) is 68.8 Å². The summed E-state index contributed by atoms with van der Waals surface area (Å²) in [5.41, 5.74) is 1.36. The Kier molecular flexibility index (Phi) is 6.58. The molecular weight excluding hydrogens is 368 g/mol. The second-order valence-electron chi connectivity index (χ2n) is 6.36. The first kappa shape index (κ1) is 20.1. The lowest BCUT2D eigenvalue weighted by molar-refractivity contribution is -0.116. The van der Waals surface area contributed by atoms with Gasteiger partial charge in [0.25, 0.3) is 0 Å². The summed E-state index contributed by atoms with van der Waals surface area (Å²) in [5, 5.41) is 6.05. The Morgan fingerprint density at radius 3 is 2.14 bits per heavy atom. The third kappa shape index (κ3) is 5.42. The Labute approximate surface area is 170 Å². The number of hydrogen-bond donors (Lipinski definition) is 2. The molecule has 0 saturated heterocycles. The Bertz CT molecular complexity index is 943. The average molecular weight is 392 g/mol. The number of carbonyl (C=O) groups excluding carboxylic acids is 1. The fraction of sp³-hybridized carbons (Fsp3) is 0.174. The van der Waals surface area contributed by atoms with Gasteiger partial charge in [0.05, 0.1) is 19.9 Å². The molecule has 1 atom stereocenters. The van der Waals surface area contributed by atoms with Gasteiger partial charge >= 0.3 is 0 Å². The molecule has 2 N–H and O–H groups in total. The van der Waals surface area contributed by atoms with Gasteiger partial charge in [-0.1, -0.05) is 18.2 Å². The molecule has 0 aliphatic carbocycles. The van der Waals surface area contributed by atoms with Crippen LogP contribution in [-0.4, -0.2) is 26.2 Å². The molecule has 6 nitrogen and oxygen atoms in total. The molecule has 29 heavy (non-hydrogen) atoms. The fourth-order valence-corrected chi connectivity index (χ4v) is 2.71. The highest BCUT2D eigenvalue weighted by molar-refractivity contribution is 5.97. The van der Waals surface area contributed by atoms with Crippen molar-refractivity contribution in [2.45, 2.75) is 13.0 Å². The quantitative estimate of drug-likeness (QED) is 0.569. The number of benzene rings is 3. The molecule has 150 valence electrons. The van der Waals surface area contributed by atoms with Crippen LogP contribution in [0.4, 0.5) is 11.4 Å². The van der Waals surface area contributed by atoms with Crippen molar-refractivity contribution in [3.05, 3.63) is 72.8 Å². The van der Waals surface area contributed by atoms with Crippen LogP contribution in [0.25, 0.3) is 0 Å². The van der Waals surface area contributed by atoms with Crippen LogP contribution in [0, 0.1) is 0 Å². The Morgan fingerprint density at radius 1 is 0.828 bits per heavy atom.